The molecule has 1 aromatic heterocycles. The molecule has 1 aliphatic rings. The monoisotopic (exact) mass is 385 g/mol. The molecule has 3 rings (SSSR count). The van der Waals surface area contributed by atoms with Crippen LogP contribution in [0.25, 0.3) is 0 Å². The second kappa shape index (κ2) is 8.12. The van der Waals surface area contributed by atoms with Gasteiger partial charge in [-0.25, -0.2) is 9.78 Å². The van der Waals surface area contributed by atoms with E-state index >= 15 is 0 Å². The molecule has 3 N–H and O–H groups in total. The number of piperidine rings is 1. The molecule has 0 unspecified atom stereocenters. The van der Waals surface area contributed by atoms with Crippen LogP contribution in [0.1, 0.15) is 44.7 Å². The number of alkyl carbamates (subject to hydrolysis) is 1. The van der Waals surface area contributed by atoms with Crippen LogP contribution in [0.3, 0.4) is 0 Å². The van der Waals surface area contributed by atoms with Gasteiger partial charge < -0.3 is 25.3 Å². The molecule has 7 heteroatoms. The maximum atomic E-state index is 12.0. The lowest BCUT2D eigenvalue weighted by molar-refractivity contribution is 0.0497. The van der Waals surface area contributed by atoms with Crippen molar-refractivity contribution < 1.29 is 9.53 Å². The van der Waals surface area contributed by atoms with Crippen molar-refractivity contribution in [3.63, 3.8) is 0 Å². The van der Waals surface area contributed by atoms with Gasteiger partial charge in [-0.05, 0) is 57.7 Å². The molecule has 152 valence electrons. The largest absolute Gasteiger partial charge is 0.444 e. The molecule has 1 aromatic carbocycles. The number of rotatable bonds is 4. The van der Waals surface area contributed by atoms with Crippen LogP contribution < -0.4 is 16.0 Å². The van der Waals surface area contributed by atoms with E-state index in [1.807, 2.05) is 31.5 Å². The predicted molar refractivity (Wildman–Crippen MR) is 112 cm³/mol. The third kappa shape index (κ3) is 5.18. The molecule has 0 atom stereocenters. The first kappa shape index (κ1) is 20.0. The van der Waals surface area contributed by atoms with Crippen LogP contribution >= 0.6 is 0 Å². The molecule has 0 saturated carbocycles. The number of carbonyl (C=O) groups is 1. The maximum absolute atomic E-state index is 12.0. The lowest BCUT2D eigenvalue weighted by Gasteiger charge is -2.35. The molecule has 1 amide bonds. The van der Waals surface area contributed by atoms with Crippen LogP contribution in [0.5, 0.6) is 0 Å². The number of benzene rings is 1. The first-order valence-electron chi connectivity index (χ1n) is 9.82. The van der Waals surface area contributed by atoms with Crippen LogP contribution in [0.2, 0.25) is 0 Å². The average molecular weight is 386 g/mol. The highest BCUT2D eigenvalue weighted by atomic mass is 16.6. The van der Waals surface area contributed by atoms with E-state index in [2.05, 4.69) is 40.3 Å². The Hall–Kier alpha value is -2.70. The zero-order valence-electron chi connectivity index (χ0n) is 17.2. The van der Waals surface area contributed by atoms with E-state index in [0.717, 1.165) is 25.9 Å². The van der Waals surface area contributed by atoms with Gasteiger partial charge in [0.2, 0.25) is 0 Å². The minimum atomic E-state index is -0.476. The molecule has 2 heterocycles. The van der Waals surface area contributed by atoms with Crippen molar-refractivity contribution in [3.8, 4) is 0 Å². The normalized spacial score (nSPS) is 15.5. The molecule has 1 aliphatic heterocycles. The van der Waals surface area contributed by atoms with Crippen molar-refractivity contribution in [2.45, 2.75) is 58.7 Å². The number of nitrogens with one attached hydrogen (secondary N) is 1. The molecule has 1 fully saturated rings. The van der Waals surface area contributed by atoms with Crippen molar-refractivity contribution in [2.75, 3.05) is 23.7 Å². The summed E-state index contributed by atoms with van der Waals surface area (Å²) in [4.78, 5) is 18.5. The van der Waals surface area contributed by atoms with Crippen molar-refractivity contribution in [2.24, 2.45) is 0 Å². The number of imidazole rings is 1. The first-order chi connectivity index (χ1) is 13.2. The summed E-state index contributed by atoms with van der Waals surface area (Å²) in [6.45, 7) is 10.2. The Kier molecular flexibility index (Phi) is 5.82. The number of ether oxygens (including phenoxy) is 1. The number of nitrogen functional groups attached to an aromatic ring is 1. The standard InChI is InChI=1S/C21H31N5O2/c1-15-5-6-16(14-26-12-9-23-19(26)22)18(13-15)25-10-7-17(8-11-25)24-20(27)28-21(2,3)4/h5-6,9,12-13,17H,7-8,10-11,14H2,1-4H3,(H2,22,23)(H,24,27). The second-order valence-corrected chi connectivity index (χ2v) is 8.45. The molecule has 2 aromatic rings. The van der Waals surface area contributed by atoms with Gasteiger partial charge in [-0.15, -0.1) is 0 Å². The van der Waals surface area contributed by atoms with Gasteiger partial charge in [0.15, 0.2) is 5.95 Å². The van der Waals surface area contributed by atoms with E-state index in [0.29, 0.717) is 12.5 Å². The van der Waals surface area contributed by atoms with Crippen LogP contribution in [-0.2, 0) is 11.3 Å². The molecule has 1 saturated heterocycles. The SMILES string of the molecule is Cc1ccc(Cn2ccnc2N)c(N2CCC(NC(=O)OC(C)(C)C)CC2)c1. The van der Waals surface area contributed by atoms with Crippen molar-refractivity contribution in [1.82, 2.24) is 14.9 Å². The van der Waals surface area contributed by atoms with Crippen LogP contribution in [0.4, 0.5) is 16.4 Å². The van der Waals surface area contributed by atoms with Gasteiger partial charge >= 0.3 is 6.09 Å². The number of aryl methyl sites for hydroxylation is 1. The lowest BCUT2D eigenvalue weighted by atomic mass is 10.0. The third-order valence-electron chi connectivity index (χ3n) is 4.89. The quantitative estimate of drug-likeness (QED) is 0.843. The zero-order valence-corrected chi connectivity index (χ0v) is 17.2. The summed E-state index contributed by atoms with van der Waals surface area (Å²) in [6, 6.07) is 6.66. The third-order valence-corrected chi connectivity index (χ3v) is 4.89. The van der Waals surface area contributed by atoms with Gasteiger partial charge in [0.1, 0.15) is 5.60 Å². The fraction of sp³-hybridized carbons (Fsp3) is 0.524. The van der Waals surface area contributed by atoms with E-state index in [1.54, 1.807) is 6.20 Å². The molecule has 7 nitrogen and oxygen atoms in total. The number of nitrogens with two attached hydrogens (primary N) is 1. The van der Waals surface area contributed by atoms with Crippen LogP contribution in [-0.4, -0.2) is 40.4 Å². The summed E-state index contributed by atoms with van der Waals surface area (Å²) in [6.07, 6.45) is 5.06. The van der Waals surface area contributed by atoms with Gasteiger partial charge in [0.25, 0.3) is 0 Å². The number of amides is 1. The zero-order chi connectivity index (χ0) is 20.3. The molecule has 0 radical (unpaired) electrons. The second-order valence-electron chi connectivity index (χ2n) is 8.45. The van der Waals surface area contributed by atoms with Crippen molar-refractivity contribution >= 4 is 17.7 Å². The predicted octanol–water partition coefficient (Wildman–Crippen LogP) is 3.32. The van der Waals surface area contributed by atoms with E-state index < -0.39 is 5.60 Å². The summed E-state index contributed by atoms with van der Waals surface area (Å²) in [5.41, 5.74) is 9.14. The van der Waals surface area contributed by atoms with Gasteiger partial charge in [0, 0.05) is 37.2 Å². The Morgan fingerprint density at radius 3 is 2.64 bits per heavy atom. The van der Waals surface area contributed by atoms with Gasteiger partial charge in [-0.1, -0.05) is 12.1 Å². The Bertz CT molecular complexity index is 816. The van der Waals surface area contributed by atoms with Gasteiger partial charge in [-0.2, -0.15) is 0 Å². The van der Waals surface area contributed by atoms with Crippen molar-refractivity contribution in [3.05, 3.63) is 41.7 Å². The minimum Gasteiger partial charge on any atom is -0.444 e. The highest BCUT2D eigenvalue weighted by Crippen LogP contribution is 2.27. The van der Waals surface area contributed by atoms with E-state index in [1.165, 1.54) is 16.8 Å². The maximum Gasteiger partial charge on any atom is 0.407 e. The topological polar surface area (TPSA) is 85.4 Å². The van der Waals surface area contributed by atoms with Crippen LogP contribution in [0, 0.1) is 6.92 Å². The number of hydrogen-bond donors (Lipinski definition) is 2. The Labute approximate surface area is 166 Å². The first-order valence-corrected chi connectivity index (χ1v) is 9.82. The van der Waals surface area contributed by atoms with Gasteiger partial charge in [0.05, 0.1) is 6.54 Å². The summed E-state index contributed by atoms with van der Waals surface area (Å²) in [5.74, 6) is 0.520. The summed E-state index contributed by atoms with van der Waals surface area (Å²) >= 11 is 0. The molecular weight excluding hydrogens is 354 g/mol. The lowest BCUT2D eigenvalue weighted by Crippen LogP contribution is -2.46. The molecular formula is C21H31N5O2. The number of aromatic nitrogens is 2. The number of nitrogens with zero attached hydrogens (tertiary/aromatic N) is 3. The molecule has 0 spiro atoms. The van der Waals surface area contributed by atoms with E-state index in [4.69, 9.17) is 10.5 Å². The summed E-state index contributed by atoms with van der Waals surface area (Å²) < 4.78 is 7.32. The van der Waals surface area contributed by atoms with Crippen LogP contribution in [0.15, 0.2) is 30.6 Å². The highest BCUT2D eigenvalue weighted by molar-refractivity contribution is 5.68. The van der Waals surface area contributed by atoms with E-state index in [9.17, 15) is 4.79 Å². The fourth-order valence-electron chi connectivity index (χ4n) is 3.50. The number of carbonyl (C=O) groups excluding carboxylic acids is 1. The number of hydrogen-bond acceptors (Lipinski definition) is 5. The number of anilines is 2. The van der Waals surface area contributed by atoms with Crippen molar-refractivity contribution in [1.29, 1.82) is 0 Å². The fourth-order valence-corrected chi connectivity index (χ4v) is 3.50. The molecule has 0 aliphatic carbocycles. The Balaban J connectivity index is 1.65. The molecule has 0 bridgehead atoms. The molecule has 28 heavy (non-hydrogen) atoms. The summed E-state index contributed by atoms with van der Waals surface area (Å²) in [5, 5.41) is 3.00. The minimum absolute atomic E-state index is 0.142. The Morgan fingerprint density at radius 2 is 2.04 bits per heavy atom. The van der Waals surface area contributed by atoms with E-state index in [-0.39, 0.29) is 12.1 Å². The Morgan fingerprint density at radius 1 is 1.32 bits per heavy atom. The van der Waals surface area contributed by atoms with Gasteiger partial charge in [-0.3, -0.25) is 0 Å². The highest BCUT2D eigenvalue weighted by Gasteiger charge is 2.24. The smallest absolute Gasteiger partial charge is 0.407 e. The summed E-state index contributed by atoms with van der Waals surface area (Å²) in [7, 11) is 0. The average Bonchev–Trinajstić information content (AvgIpc) is 3.00.